The van der Waals surface area contributed by atoms with E-state index < -0.39 is 4.92 Å². The molecule has 0 aliphatic heterocycles. The predicted molar refractivity (Wildman–Crippen MR) is 79.3 cm³/mol. The summed E-state index contributed by atoms with van der Waals surface area (Å²) in [5.41, 5.74) is 0.965. The minimum Gasteiger partial charge on any atom is -0.364 e. The molecule has 0 fully saturated rings. The van der Waals surface area contributed by atoms with Gasteiger partial charge in [0.1, 0.15) is 6.20 Å². The molecule has 110 valence electrons. The highest BCUT2D eigenvalue weighted by atomic mass is 16.6. The zero-order valence-corrected chi connectivity index (χ0v) is 11.6. The van der Waals surface area contributed by atoms with Crippen molar-refractivity contribution in [3.8, 4) is 0 Å². The van der Waals surface area contributed by atoms with E-state index in [4.69, 9.17) is 0 Å². The van der Waals surface area contributed by atoms with Crippen molar-refractivity contribution in [1.29, 1.82) is 0 Å². The van der Waals surface area contributed by atoms with E-state index >= 15 is 0 Å². The Bertz CT molecular complexity index is 605. The maximum Gasteiger partial charge on any atom is 0.329 e. The van der Waals surface area contributed by atoms with Crippen molar-refractivity contribution in [2.75, 3.05) is 23.7 Å². The molecule has 2 N–H and O–H groups in total. The van der Waals surface area contributed by atoms with Gasteiger partial charge in [0.25, 0.3) is 0 Å². The van der Waals surface area contributed by atoms with Crippen LogP contribution in [0.1, 0.15) is 12.5 Å². The third-order valence-corrected chi connectivity index (χ3v) is 2.76. The fraction of sp³-hybridized carbons (Fsp3) is 0.308. The zero-order chi connectivity index (χ0) is 15.1. The SMILES string of the molecule is CCNc1ncc([N+](=O)[O-])c(NCCc2ccncc2)n1. The standard InChI is InChI=1S/C13H16N6O2/c1-2-15-13-17-9-11(19(20)21)12(18-13)16-8-5-10-3-6-14-7-4-10/h3-4,6-7,9H,2,5,8H2,1H3,(H2,15,16,17,18). The van der Waals surface area contributed by atoms with Gasteiger partial charge in [-0.25, -0.2) is 4.98 Å². The predicted octanol–water partition coefficient (Wildman–Crippen LogP) is 1.87. The van der Waals surface area contributed by atoms with Crippen molar-refractivity contribution in [3.05, 3.63) is 46.4 Å². The van der Waals surface area contributed by atoms with Crippen LogP contribution in [0.4, 0.5) is 17.5 Å². The van der Waals surface area contributed by atoms with Crippen LogP contribution in [0.3, 0.4) is 0 Å². The summed E-state index contributed by atoms with van der Waals surface area (Å²) in [5.74, 6) is 0.592. The molecule has 0 aromatic carbocycles. The Labute approximate surface area is 121 Å². The van der Waals surface area contributed by atoms with E-state index in [9.17, 15) is 10.1 Å². The number of nitrogens with one attached hydrogen (secondary N) is 2. The molecular weight excluding hydrogens is 272 g/mol. The molecule has 0 radical (unpaired) electrons. The first kappa shape index (κ1) is 14.6. The van der Waals surface area contributed by atoms with Gasteiger partial charge in [-0.3, -0.25) is 15.1 Å². The van der Waals surface area contributed by atoms with Crippen LogP contribution in [0, 0.1) is 10.1 Å². The van der Waals surface area contributed by atoms with Crippen molar-refractivity contribution in [2.45, 2.75) is 13.3 Å². The van der Waals surface area contributed by atoms with Crippen molar-refractivity contribution >= 4 is 17.5 Å². The second-order valence-corrected chi connectivity index (χ2v) is 4.25. The van der Waals surface area contributed by atoms with Gasteiger partial charge in [-0.15, -0.1) is 0 Å². The maximum atomic E-state index is 11.0. The molecule has 0 atom stereocenters. The van der Waals surface area contributed by atoms with E-state index in [1.165, 1.54) is 6.20 Å². The van der Waals surface area contributed by atoms with Crippen LogP contribution in [0.15, 0.2) is 30.7 Å². The second kappa shape index (κ2) is 7.13. The lowest BCUT2D eigenvalue weighted by atomic mass is 10.2. The molecule has 21 heavy (non-hydrogen) atoms. The largest absolute Gasteiger partial charge is 0.364 e. The van der Waals surface area contributed by atoms with E-state index in [1.54, 1.807) is 12.4 Å². The van der Waals surface area contributed by atoms with Crippen LogP contribution in [-0.4, -0.2) is 33.0 Å². The summed E-state index contributed by atoms with van der Waals surface area (Å²) >= 11 is 0. The van der Waals surface area contributed by atoms with Crippen molar-refractivity contribution in [2.24, 2.45) is 0 Å². The quantitative estimate of drug-likeness (QED) is 0.591. The number of anilines is 2. The van der Waals surface area contributed by atoms with Gasteiger partial charge in [-0.1, -0.05) is 0 Å². The van der Waals surface area contributed by atoms with Gasteiger partial charge >= 0.3 is 5.69 Å². The van der Waals surface area contributed by atoms with Crippen LogP contribution < -0.4 is 10.6 Å². The topological polar surface area (TPSA) is 106 Å². The molecule has 2 rings (SSSR count). The molecule has 0 spiro atoms. The lowest BCUT2D eigenvalue weighted by molar-refractivity contribution is -0.384. The molecule has 0 amide bonds. The Balaban J connectivity index is 2.06. The first-order valence-corrected chi connectivity index (χ1v) is 6.58. The van der Waals surface area contributed by atoms with Crippen LogP contribution in [0.5, 0.6) is 0 Å². The number of hydrogen-bond acceptors (Lipinski definition) is 7. The van der Waals surface area contributed by atoms with Gasteiger partial charge in [-0.2, -0.15) is 4.98 Å². The molecule has 0 saturated carbocycles. The average molecular weight is 288 g/mol. The Kier molecular flexibility index (Phi) is 4.97. The van der Waals surface area contributed by atoms with E-state index in [0.29, 0.717) is 19.0 Å². The number of hydrogen-bond donors (Lipinski definition) is 2. The number of nitro groups is 1. The Hall–Kier alpha value is -2.77. The van der Waals surface area contributed by atoms with Gasteiger partial charge in [0.2, 0.25) is 11.8 Å². The second-order valence-electron chi connectivity index (χ2n) is 4.25. The molecule has 0 aliphatic carbocycles. The Morgan fingerprint density at radius 1 is 1.29 bits per heavy atom. The van der Waals surface area contributed by atoms with Gasteiger partial charge < -0.3 is 10.6 Å². The number of aromatic nitrogens is 3. The molecule has 0 unspecified atom stereocenters. The summed E-state index contributed by atoms with van der Waals surface area (Å²) < 4.78 is 0. The zero-order valence-electron chi connectivity index (χ0n) is 11.6. The smallest absolute Gasteiger partial charge is 0.329 e. The monoisotopic (exact) mass is 288 g/mol. The van der Waals surface area contributed by atoms with E-state index in [2.05, 4.69) is 25.6 Å². The number of nitrogens with zero attached hydrogens (tertiary/aromatic N) is 4. The maximum absolute atomic E-state index is 11.0. The third kappa shape index (κ3) is 4.10. The summed E-state index contributed by atoms with van der Waals surface area (Å²) in [4.78, 5) is 22.5. The van der Waals surface area contributed by atoms with Crippen molar-refractivity contribution in [3.63, 3.8) is 0 Å². The highest BCUT2D eigenvalue weighted by molar-refractivity contribution is 5.56. The average Bonchev–Trinajstić information content (AvgIpc) is 2.49. The summed E-state index contributed by atoms with van der Waals surface area (Å²) in [7, 11) is 0. The normalized spacial score (nSPS) is 10.1. The molecule has 0 bridgehead atoms. The molecular formula is C13H16N6O2. The first-order chi connectivity index (χ1) is 10.2. The van der Waals surface area contributed by atoms with Crippen molar-refractivity contribution < 1.29 is 4.92 Å². The number of pyridine rings is 1. The fourth-order valence-electron chi connectivity index (χ4n) is 1.76. The molecule has 0 saturated heterocycles. The van der Waals surface area contributed by atoms with Gasteiger partial charge in [0, 0.05) is 25.5 Å². The Morgan fingerprint density at radius 3 is 2.71 bits per heavy atom. The summed E-state index contributed by atoms with van der Waals surface area (Å²) in [6, 6.07) is 3.81. The van der Waals surface area contributed by atoms with Crippen LogP contribution in [0.2, 0.25) is 0 Å². The molecule has 8 nitrogen and oxygen atoms in total. The molecule has 2 aromatic rings. The minimum atomic E-state index is -0.496. The van der Waals surface area contributed by atoms with E-state index in [0.717, 1.165) is 12.0 Å². The van der Waals surface area contributed by atoms with Crippen molar-refractivity contribution in [1.82, 2.24) is 15.0 Å². The van der Waals surface area contributed by atoms with E-state index in [-0.39, 0.29) is 11.5 Å². The minimum absolute atomic E-state index is 0.133. The summed E-state index contributed by atoms with van der Waals surface area (Å²) in [6.45, 7) is 3.09. The van der Waals surface area contributed by atoms with Gasteiger partial charge in [0.05, 0.1) is 4.92 Å². The van der Waals surface area contributed by atoms with Crippen LogP contribution in [0.25, 0.3) is 0 Å². The fourth-order valence-corrected chi connectivity index (χ4v) is 1.76. The van der Waals surface area contributed by atoms with Crippen LogP contribution >= 0.6 is 0 Å². The summed E-state index contributed by atoms with van der Waals surface area (Å²) in [6.07, 6.45) is 5.36. The lowest BCUT2D eigenvalue weighted by Crippen LogP contribution is -2.11. The first-order valence-electron chi connectivity index (χ1n) is 6.58. The molecule has 8 heteroatoms. The molecule has 2 aromatic heterocycles. The van der Waals surface area contributed by atoms with Gasteiger partial charge in [-0.05, 0) is 31.0 Å². The molecule has 0 aliphatic rings. The number of rotatable bonds is 7. The molecule has 2 heterocycles. The van der Waals surface area contributed by atoms with Gasteiger partial charge in [0.15, 0.2) is 0 Å². The Morgan fingerprint density at radius 2 is 2.05 bits per heavy atom. The van der Waals surface area contributed by atoms with Crippen LogP contribution in [-0.2, 0) is 6.42 Å². The highest BCUT2D eigenvalue weighted by Crippen LogP contribution is 2.21. The summed E-state index contributed by atoms with van der Waals surface area (Å²) in [5, 5.41) is 16.9. The highest BCUT2D eigenvalue weighted by Gasteiger charge is 2.16. The lowest BCUT2D eigenvalue weighted by Gasteiger charge is -2.08. The van der Waals surface area contributed by atoms with E-state index in [1.807, 2.05) is 19.1 Å². The third-order valence-electron chi connectivity index (χ3n) is 2.76.